The van der Waals surface area contributed by atoms with E-state index in [0.717, 1.165) is 35.7 Å². The molecule has 1 aliphatic carbocycles. The normalized spacial score (nSPS) is 14.7. The van der Waals surface area contributed by atoms with Gasteiger partial charge in [0.1, 0.15) is 5.82 Å². The highest BCUT2D eigenvalue weighted by atomic mass is 19.4. The zero-order valence-corrected chi connectivity index (χ0v) is 12.8. The number of nitrogens with zero attached hydrogens (tertiary/aromatic N) is 2. The quantitative estimate of drug-likeness (QED) is 0.874. The van der Waals surface area contributed by atoms with E-state index >= 15 is 0 Å². The van der Waals surface area contributed by atoms with Crippen molar-refractivity contribution >= 4 is 17.5 Å². The van der Waals surface area contributed by atoms with Gasteiger partial charge in [0.25, 0.3) is 0 Å². The van der Waals surface area contributed by atoms with Crippen LogP contribution >= 0.6 is 0 Å². The summed E-state index contributed by atoms with van der Waals surface area (Å²) in [5.74, 6) is 0.138. The van der Waals surface area contributed by atoms with Gasteiger partial charge in [0.05, 0.1) is 0 Å². The molecule has 0 bridgehead atoms. The molecule has 0 unspecified atom stereocenters. The monoisotopic (exact) mass is 322 g/mol. The van der Waals surface area contributed by atoms with Crippen molar-refractivity contribution < 1.29 is 13.2 Å². The van der Waals surface area contributed by atoms with Crippen LogP contribution in [0.5, 0.6) is 0 Å². The van der Waals surface area contributed by atoms with Crippen molar-refractivity contribution in [3.63, 3.8) is 0 Å². The predicted octanol–water partition coefficient (Wildman–Crippen LogP) is 4.43. The molecule has 122 valence electrons. The van der Waals surface area contributed by atoms with E-state index in [4.69, 9.17) is 0 Å². The first kappa shape index (κ1) is 15.6. The molecule has 0 amide bonds. The molecule has 0 radical (unpaired) electrons. The van der Waals surface area contributed by atoms with Gasteiger partial charge in [0.2, 0.25) is 5.95 Å². The Balaban J connectivity index is 1.95. The summed E-state index contributed by atoms with van der Waals surface area (Å²) in [4.78, 5) is 7.74. The highest BCUT2D eigenvalue weighted by Gasteiger charge is 2.34. The lowest BCUT2D eigenvalue weighted by Gasteiger charge is -2.14. The van der Waals surface area contributed by atoms with Crippen LogP contribution in [-0.4, -0.2) is 16.0 Å². The van der Waals surface area contributed by atoms with Crippen LogP contribution in [0.25, 0.3) is 0 Å². The number of alkyl halides is 3. The van der Waals surface area contributed by atoms with Crippen LogP contribution in [0.2, 0.25) is 0 Å². The summed E-state index contributed by atoms with van der Waals surface area (Å²) in [6, 6.07) is 6.71. The molecule has 0 saturated heterocycles. The van der Waals surface area contributed by atoms with Crippen molar-refractivity contribution in [2.24, 2.45) is 0 Å². The number of nitrogens with one attached hydrogen (secondary N) is 2. The minimum atomic E-state index is -4.51. The van der Waals surface area contributed by atoms with E-state index in [1.165, 1.54) is 0 Å². The number of halogens is 3. The van der Waals surface area contributed by atoms with Crippen LogP contribution in [0.1, 0.15) is 29.7 Å². The summed E-state index contributed by atoms with van der Waals surface area (Å²) in [5, 5.41) is 5.89. The van der Waals surface area contributed by atoms with Gasteiger partial charge in [-0.15, -0.1) is 0 Å². The minimum absolute atomic E-state index is 0.00938. The Labute approximate surface area is 132 Å². The van der Waals surface area contributed by atoms with E-state index in [2.05, 4.69) is 20.6 Å². The highest BCUT2D eigenvalue weighted by molar-refractivity contribution is 5.63. The van der Waals surface area contributed by atoms with Crippen LogP contribution in [0.4, 0.5) is 30.6 Å². The zero-order valence-electron chi connectivity index (χ0n) is 12.8. The Morgan fingerprint density at radius 2 is 1.87 bits per heavy atom. The Bertz CT molecular complexity index is 724. The first-order valence-corrected chi connectivity index (χ1v) is 7.39. The van der Waals surface area contributed by atoms with Gasteiger partial charge in [-0.2, -0.15) is 18.2 Å². The van der Waals surface area contributed by atoms with Crippen LogP contribution in [0.3, 0.4) is 0 Å². The van der Waals surface area contributed by atoms with Gasteiger partial charge in [-0.1, -0.05) is 12.1 Å². The van der Waals surface area contributed by atoms with Gasteiger partial charge >= 0.3 is 6.18 Å². The Morgan fingerprint density at radius 3 is 2.52 bits per heavy atom. The van der Waals surface area contributed by atoms with E-state index in [0.29, 0.717) is 0 Å². The van der Waals surface area contributed by atoms with Crippen LogP contribution < -0.4 is 10.6 Å². The summed E-state index contributed by atoms with van der Waals surface area (Å²) in [7, 11) is 0. The first-order valence-electron chi connectivity index (χ1n) is 7.39. The van der Waals surface area contributed by atoms with Gasteiger partial charge in [-0.3, -0.25) is 0 Å². The number of anilines is 3. The van der Waals surface area contributed by atoms with Gasteiger partial charge in [-0.05, 0) is 43.9 Å². The van der Waals surface area contributed by atoms with Gasteiger partial charge in [-0.25, -0.2) is 4.98 Å². The molecule has 1 heterocycles. The Hall–Kier alpha value is -2.31. The molecule has 1 aliphatic rings. The van der Waals surface area contributed by atoms with Crippen molar-refractivity contribution in [3.05, 3.63) is 41.1 Å². The van der Waals surface area contributed by atoms with Crippen molar-refractivity contribution in [2.75, 3.05) is 10.6 Å². The fourth-order valence-corrected chi connectivity index (χ4v) is 2.16. The molecular formula is C16H17F3N4. The molecule has 1 saturated carbocycles. The standard InChI is InChI=1S/C16H17F3N4/c1-9-4-3-5-12(10(9)2)21-14-8-13(16(17,18)19)22-15(23-14)20-11-6-7-11/h3-5,8,11H,6-7H2,1-2H3,(H2,20,21,22,23). The van der Waals surface area contributed by atoms with Gasteiger partial charge in [0.15, 0.2) is 5.69 Å². The highest BCUT2D eigenvalue weighted by Crippen LogP contribution is 2.32. The van der Waals surface area contributed by atoms with E-state index in [-0.39, 0.29) is 17.8 Å². The minimum Gasteiger partial charge on any atom is -0.351 e. The molecule has 0 spiro atoms. The summed E-state index contributed by atoms with van der Waals surface area (Å²) in [6.07, 6.45) is -2.65. The van der Waals surface area contributed by atoms with Crippen LogP contribution in [0.15, 0.2) is 24.3 Å². The third kappa shape index (κ3) is 3.72. The maximum atomic E-state index is 13.0. The van der Waals surface area contributed by atoms with Crippen molar-refractivity contribution in [1.82, 2.24) is 9.97 Å². The molecule has 7 heteroatoms. The largest absolute Gasteiger partial charge is 0.433 e. The molecule has 0 atom stereocenters. The number of hydrogen-bond acceptors (Lipinski definition) is 4. The van der Waals surface area contributed by atoms with Crippen molar-refractivity contribution in [2.45, 2.75) is 38.9 Å². The number of benzene rings is 1. The van der Waals surface area contributed by atoms with Crippen LogP contribution in [-0.2, 0) is 6.18 Å². The van der Waals surface area contributed by atoms with Crippen LogP contribution in [0, 0.1) is 13.8 Å². The molecule has 2 N–H and O–H groups in total. The van der Waals surface area contributed by atoms with E-state index in [1.54, 1.807) is 0 Å². The Kier molecular flexibility index (Phi) is 3.87. The number of aromatic nitrogens is 2. The molecule has 0 aliphatic heterocycles. The van der Waals surface area contributed by atoms with E-state index in [1.807, 2.05) is 32.0 Å². The summed E-state index contributed by atoms with van der Waals surface area (Å²) in [5.41, 5.74) is 1.80. The predicted molar refractivity (Wildman–Crippen MR) is 82.9 cm³/mol. The average molecular weight is 322 g/mol. The van der Waals surface area contributed by atoms with E-state index in [9.17, 15) is 13.2 Å². The fraction of sp³-hybridized carbons (Fsp3) is 0.375. The molecule has 4 nitrogen and oxygen atoms in total. The van der Waals surface area contributed by atoms with Crippen molar-refractivity contribution in [1.29, 1.82) is 0 Å². The lowest BCUT2D eigenvalue weighted by atomic mass is 10.1. The molecule has 23 heavy (non-hydrogen) atoms. The maximum absolute atomic E-state index is 13.0. The molecule has 1 aromatic carbocycles. The summed E-state index contributed by atoms with van der Waals surface area (Å²) < 4.78 is 39.1. The molecule has 1 fully saturated rings. The summed E-state index contributed by atoms with van der Waals surface area (Å²) in [6.45, 7) is 3.86. The average Bonchev–Trinajstić information content (AvgIpc) is 3.27. The van der Waals surface area contributed by atoms with Gasteiger partial charge < -0.3 is 10.6 Å². The number of hydrogen-bond donors (Lipinski definition) is 2. The second kappa shape index (κ2) is 5.72. The fourth-order valence-electron chi connectivity index (χ4n) is 2.16. The lowest BCUT2D eigenvalue weighted by molar-refractivity contribution is -0.141. The topological polar surface area (TPSA) is 49.8 Å². The Morgan fingerprint density at radius 1 is 1.13 bits per heavy atom. The smallest absolute Gasteiger partial charge is 0.351 e. The number of aryl methyl sites for hydroxylation is 1. The zero-order chi connectivity index (χ0) is 16.6. The second-order valence-corrected chi connectivity index (χ2v) is 5.75. The third-order valence-corrected chi connectivity index (χ3v) is 3.79. The first-order chi connectivity index (χ1) is 10.8. The molecular weight excluding hydrogens is 305 g/mol. The second-order valence-electron chi connectivity index (χ2n) is 5.75. The maximum Gasteiger partial charge on any atom is 0.433 e. The van der Waals surface area contributed by atoms with Crippen molar-refractivity contribution in [3.8, 4) is 0 Å². The molecule has 2 aromatic rings. The van der Waals surface area contributed by atoms with E-state index < -0.39 is 11.9 Å². The SMILES string of the molecule is Cc1cccc(Nc2cc(C(F)(F)F)nc(NC3CC3)n2)c1C. The number of rotatable bonds is 4. The molecule has 1 aromatic heterocycles. The third-order valence-electron chi connectivity index (χ3n) is 3.79. The summed E-state index contributed by atoms with van der Waals surface area (Å²) >= 11 is 0. The molecule has 3 rings (SSSR count). The lowest BCUT2D eigenvalue weighted by Crippen LogP contribution is -2.14. The van der Waals surface area contributed by atoms with Gasteiger partial charge in [0, 0.05) is 17.8 Å².